The SMILES string of the molecule is CCN1C(=O)N(c2ccc(C(=O)NCCN3CCCCC3)cc2)C(=O)N(c2ccccc2)c2cc(C(F)(F)F)ccc21. The van der Waals surface area contributed by atoms with Crippen molar-refractivity contribution >= 4 is 40.7 Å². The minimum Gasteiger partial charge on any atom is -0.351 e. The van der Waals surface area contributed by atoms with Gasteiger partial charge in [-0.3, -0.25) is 14.6 Å². The molecule has 0 unspecified atom stereocenters. The molecule has 0 aromatic heterocycles. The average Bonchev–Trinajstić information content (AvgIpc) is 3.08. The molecular weight excluding hydrogens is 547 g/mol. The van der Waals surface area contributed by atoms with Gasteiger partial charge in [-0.2, -0.15) is 13.2 Å². The Kier molecular flexibility index (Phi) is 8.49. The number of anilines is 4. The summed E-state index contributed by atoms with van der Waals surface area (Å²) < 4.78 is 41.2. The number of nitrogens with one attached hydrogen (secondary N) is 1. The van der Waals surface area contributed by atoms with Crippen LogP contribution in [0, 0.1) is 0 Å². The van der Waals surface area contributed by atoms with E-state index < -0.39 is 23.8 Å². The van der Waals surface area contributed by atoms with Crippen LogP contribution in [-0.4, -0.2) is 55.6 Å². The van der Waals surface area contributed by atoms with Crippen LogP contribution in [0.5, 0.6) is 0 Å². The first kappa shape index (κ1) is 29.1. The molecule has 0 bridgehead atoms. The second-order valence-electron chi connectivity index (χ2n) is 10.2. The third kappa shape index (κ3) is 5.96. The fraction of sp³-hybridized carbons (Fsp3) is 0.323. The van der Waals surface area contributed by atoms with E-state index in [0.717, 1.165) is 54.4 Å². The van der Waals surface area contributed by atoms with Gasteiger partial charge in [0, 0.05) is 25.2 Å². The largest absolute Gasteiger partial charge is 0.416 e. The number of nitrogens with zero attached hydrogens (tertiary/aromatic N) is 4. The number of carbonyl (C=O) groups is 3. The van der Waals surface area contributed by atoms with Crippen LogP contribution in [0.1, 0.15) is 42.1 Å². The van der Waals surface area contributed by atoms with Crippen molar-refractivity contribution in [2.45, 2.75) is 32.4 Å². The summed E-state index contributed by atoms with van der Waals surface area (Å²) in [6.07, 6.45) is -1.10. The van der Waals surface area contributed by atoms with E-state index in [4.69, 9.17) is 0 Å². The highest BCUT2D eigenvalue weighted by Crippen LogP contribution is 2.43. The summed E-state index contributed by atoms with van der Waals surface area (Å²) in [5, 5.41) is 2.91. The molecule has 2 heterocycles. The van der Waals surface area contributed by atoms with Gasteiger partial charge in [0.1, 0.15) is 0 Å². The number of alkyl halides is 3. The fourth-order valence-corrected chi connectivity index (χ4v) is 5.34. The van der Waals surface area contributed by atoms with Crippen molar-refractivity contribution in [1.29, 1.82) is 0 Å². The third-order valence-electron chi connectivity index (χ3n) is 7.52. The van der Waals surface area contributed by atoms with Gasteiger partial charge in [0.05, 0.1) is 28.3 Å². The number of urea groups is 2. The van der Waals surface area contributed by atoms with Crippen LogP contribution in [0.3, 0.4) is 0 Å². The van der Waals surface area contributed by atoms with E-state index in [-0.39, 0.29) is 29.5 Å². The van der Waals surface area contributed by atoms with Crippen LogP contribution in [0.4, 0.5) is 45.5 Å². The lowest BCUT2D eigenvalue weighted by molar-refractivity contribution is -0.137. The van der Waals surface area contributed by atoms with Gasteiger partial charge < -0.3 is 10.2 Å². The molecule has 0 saturated carbocycles. The predicted octanol–water partition coefficient (Wildman–Crippen LogP) is 6.65. The summed E-state index contributed by atoms with van der Waals surface area (Å²) in [6.45, 7) is 5.09. The number of amides is 5. The van der Waals surface area contributed by atoms with Crippen LogP contribution in [0.15, 0.2) is 72.8 Å². The maximum absolute atomic E-state index is 14.1. The number of fused-ring (bicyclic) bond motifs is 1. The summed E-state index contributed by atoms with van der Waals surface area (Å²) in [6, 6.07) is 15.7. The zero-order valence-corrected chi connectivity index (χ0v) is 23.2. The number of imide groups is 1. The molecule has 2 aliphatic heterocycles. The van der Waals surface area contributed by atoms with Crippen molar-refractivity contribution in [3.63, 3.8) is 0 Å². The Morgan fingerprint density at radius 2 is 1.48 bits per heavy atom. The minimum atomic E-state index is -4.66. The van der Waals surface area contributed by atoms with Gasteiger partial charge in [0.15, 0.2) is 0 Å². The minimum absolute atomic E-state index is 0.0663. The summed E-state index contributed by atoms with van der Waals surface area (Å²) in [5.41, 5.74) is -0.00923. The number of hydrogen-bond donors (Lipinski definition) is 1. The molecule has 42 heavy (non-hydrogen) atoms. The van der Waals surface area contributed by atoms with E-state index in [0.29, 0.717) is 17.8 Å². The van der Waals surface area contributed by atoms with Crippen LogP contribution >= 0.6 is 0 Å². The van der Waals surface area contributed by atoms with E-state index in [9.17, 15) is 27.6 Å². The molecule has 0 aliphatic carbocycles. The van der Waals surface area contributed by atoms with Gasteiger partial charge in [0.25, 0.3) is 5.91 Å². The molecule has 0 spiro atoms. The van der Waals surface area contributed by atoms with Gasteiger partial charge in [-0.1, -0.05) is 24.6 Å². The van der Waals surface area contributed by atoms with E-state index in [1.807, 2.05) is 0 Å². The monoisotopic (exact) mass is 579 g/mol. The van der Waals surface area contributed by atoms with Crippen molar-refractivity contribution in [2.75, 3.05) is 47.4 Å². The summed E-state index contributed by atoms with van der Waals surface area (Å²) in [7, 11) is 0. The molecule has 5 rings (SSSR count). The molecule has 0 radical (unpaired) electrons. The first-order valence-electron chi connectivity index (χ1n) is 14.0. The third-order valence-corrected chi connectivity index (χ3v) is 7.52. The topological polar surface area (TPSA) is 76.2 Å². The number of benzene rings is 3. The maximum Gasteiger partial charge on any atom is 0.416 e. The van der Waals surface area contributed by atoms with E-state index in [1.165, 1.54) is 41.7 Å². The lowest BCUT2D eigenvalue weighted by Gasteiger charge is -2.27. The van der Waals surface area contributed by atoms with Crippen LogP contribution < -0.4 is 20.0 Å². The first-order valence-corrected chi connectivity index (χ1v) is 14.0. The van der Waals surface area contributed by atoms with Gasteiger partial charge >= 0.3 is 18.2 Å². The van der Waals surface area contributed by atoms with Crippen LogP contribution in [0.2, 0.25) is 0 Å². The Morgan fingerprint density at radius 3 is 2.12 bits per heavy atom. The van der Waals surface area contributed by atoms with Crippen molar-refractivity contribution in [2.24, 2.45) is 0 Å². The number of hydrogen-bond acceptors (Lipinski definition) is 4. The second-order valence-corrected chi connectivity index (χ2v) is 10.2. The van der Waals surface area contributed by atoms with Gasteiger partial charge in [-0.05, 0) is 87.5 Å². The van der Waals surface area contributed by atoms with Gasteiger partial charge in [-0.25, -0.2) is 14.5 Å². The Balaban J connectivity index is 1.46. The number of rotatable bonds is 7. The molecule has 1 fully saturated rings. The molecule has 5 amide bonds. The Morgan fingerprint density at radius 1 is 0.810 bits per heavy atom. The lowest BCUT2D eigenvalue weighted by Crippen LogP contribution is -2.48. The predicted molar refractivity (Wildman–Crippen MR) is 155 cm³/mol. The highest BCUT2D eigenvalue weighted by molar-refractivity contribution is 6.28. The summed E-state index contributed by atoms with van der Waals surface area (Å²) in [4.78, 5) is 46.3. The molecule has 1 N–H and O–H groups in total. The number of likely N-dealkylation sites (tertiary alicyclic amines) is 1. The molecule has 220 valence electrons. The highest BCUT2D eigenvalue weighted by atomic mass is 19.4. The zero-order valence-electron chi connectivity index (χ0n) is 23.2. The van der Waals surface area contributed by atoms with Crippen molar-refractivity contribution in [3.8, 4) is 0 Å². The van der Waals surface area contributed by atoms with Crippen molar-refractivity contribution in [3.05, 3.63) is 83.9 Å². The quantitative estimate of drug-likeness (QED) is 0.340. The average molecular weight is 580 g/mol. The first-order chi connectivity index (χ1) is 20.2. The summed E-state index contributed by atoms with van der Waals surface area (Å²) >= 11 is 0. The maximum atomic E-state index is 14.1. The molecular formula is C31H32F3N5O3. The molecule has 8 nitrogen and oxygen atoms in total. The van der Waals surface area contributed by atoms with Crippen molar-refractivity contribution in [1.82, 2.24) is 10.2 Å². The van der Waals surface area contributed by atoms with Gasteiger partial charge in [0.2, 0.25) is 0 Å². The Hall–Kier alpha value is -4.38. The van der Waals surface area contributed by atoms with Crippen LogP contribution in [-0.2, 0) is 6.18 Å². The fourth-order valence-electron chi connectivity index (χ4n) is 5.34. The molecule has 11 heteroatoms. The molecule has 3 aromatic rings. The number of carbonyl (C=O) groups excluding carboxylic acids is 3. The summed E-state index contributed by atoms with van der Waals surface area (Å²) in [5.74, 6) is -0.278. The molecule has 2 aliphatic rings. The van der Waals surface area contributed by atoms with Crippen molar-refractivity contribution < 1.29 is 27.6 Å². The molecule has 1 saturated heterocycles. The van der Waals surface area contributed by atoms with E-state index in [1.54, 1.807) is 37.3 Å². The highest BCUT2D eigenvalue weighted by Gasteiger charge is 2.41. The van der Waals surface area contributed by atoms with Crippen LogP contribution in [0.25, 0.3) is 0 Å². The normalized spacial score (nSPS) is 16.3. The molecule has 0 atom stereocenters. The molecule has 3 aromatic carbocycles. The Labute approximate surface area is 242 Å². The standard InChI is InChI=1S/C31H32F3N5O3/c1-2-37-26-16-13-23(31(32,33)34)21-27(26)38(24-9-5-3-6-10-24)30(42)39(29(37)41)25-14-11-22(12-15-25)28(40)35-17-20-36-18-7-4-8-19-36/h3,5-6,9-16,21H,2,4,7-8,17-20H2,1H3,(H,35,40). The number of para-hydroxylation sites is 1. The zero-order chi connectivity index (χ0) is 29.9. The van der Waals surface area contributed by atoms with Gasteiger partial charge in [-0.15, -0.1) is 0 Å². The van der Waals surface area contributed by atoms with E-state index >= 15 is 0 Å². The Bertz CT molecular complexity index is 1440. The smallest absolute Gasteiger partial charge is 0.351 e. The number of piperidine rings is 1. The lowest BCUT2D eigenvalue weighted by atomic mass is 10.1. The van der Waals surface area contributed by atoms with E-state index in [2.05, 4.69) is 10.2 Å². The number of halogens is 3. The second kappa shape index (κ2) is 12.2.